The van der Waals surface area contributed by atoms with Crippen LogP contribution >= 0.6 is 18.4 Å². The van der Waals surface area contributed by atoms with Crippen molar-refractivity contribution in [3.05, 3.63) is 11.8 Å². The molecule has 0 fully saturated rings. The van der Waals surface area contributed by atoms with Crippen molar-refractivity contribution in [2.24, 2.45) is 0 Å². The first-order chi connectivity index (χ1) is 7.37. The zero-order valence-electron chi connectivity index (χ0n) is 9.94. The van der Waals surface area contributed by atoms with Crippen LogP contribution in [0.1, 0.15) is 27.7 Å². The van der Waals surface area contributed by atoms with E-state index in [0.29, 0.717) is 0 Å². The molecular formula is C9H20Cl2O4Ta. The number of aliphatic hydroxyl groups is 3. The van der Waals surface area contributed by atoms with Crippen LogP contribution in [0.25, 0.3) is 0 Å². The van der Waals surface area contributed by atoms with Crippen molar-refractivity contribution >= 4 is 24.2 Å². The van der Waals surface area contributed by atoms with E-state index in [0.717, 1.165) is 0 Å². The topological polar surface area (TPSA) is 77.8 Å². The van der Waals surface area contributed by atoms with Gasteiger partial charge in [0.05, 0.1) is 5.76 Å². The van der Waals surface area contributed by atoms with E-state index < -0.39 is 17.6 Å². The predicted molar refractivity (Wildman–Crippen MR) is 64.3 cm³/mol. The summed E-state index contributed by atoms with van der Waals surface area (Å²) in [5, 5.41) is 23.5. The SMILES string of the molecule is CC(=O)/C=C(/C)O.CCO.CCO.[Cl][Ta][Cl]. The van der Waals surface area contributed by atoms with E-state index in [9.17, 15) is 4.79 Å². The molecule has 4 nitrogen and oxygen atoms in total. The van der Waals surface area contributed by atoms with E-state index >= 15 is 0 Å². The molecule has 0 radical (unpaired) electrons. The summed E-state index contributed by atoms with van der Waals surface area (Å²) in [6.07, 6.45) is 1.17. The van der Waals surface area contributed by atoms with Crippen LogP contribution in [0.3, 0.4) is 0 Å². The van der Waals surface area contributed by atoms with E-state index in [1.54, 1.807) is 13.8 Å². The van der Waals surface area contributed by atoms with Crippen molar-refractivity contribution in [1.29, 1.82) is 0 Å². The molecule has 99 valence electrons. The molecule has 0 atom stereocenters. The first kappa shape index (κ1) is 25.3. The Morgan fingerprint density at radius 1 is 1.19 bits per heavy atom. The van der Waals surface area contributed by atoms with Gasteiger partial charge in [0.1, 0.15) is 0 Å². The van der Waals surface area contributed by atoms with Crippen LogP contribution in [0.15, 0.2) is 11.8 Å². The molecule has 0 heterocycles. The Kier molecular flexibility index (Phi) is 46.8. The number of halogens is 2. The molecule has 0 aliphatic heterocycles. The van der Waals surface area contributed by atoms with E-state index in [1.165, 1.54) is 19.9 Å². The van der Waals surface area contributed by atoms with E-state index in [4.69, 9.17) is 33.7 Å². The summed E-state index contributed by atoms with van der Waals surface area (Å²) in [4.78, 5) is 10.0. The second-order valence-corrected chi connectivity index (χ2v) is 6.74. The molecule has 0 aromatic rings. The third-order valence-electron chi connectivity index (χ3n) is 0.412. The molecule has 0 aliphatic carbocycles. The van der Waals surface area contributed by atoms with Crippen LogP contribution in [-0.4, -0.2) is 34.3 Å². The Labute approximate surface area is 114 Å². The molecule has 3 N–H and O–H groups in total. The number of allylic oxidation sites excluding steroid dienone is 2. The van der Waals surface area contributed by atoms with Crippen molar-refractivity contribution in [1.82, 2.24) is 0 Å². The van der Waals surface area contributed by atoms with E-state index in [2.05, 4.69) is 0 Å². The fraction of sp³-hybridized carbons (Fsp3) is 0.667. The van der Waals surface area contributed by atoms with Crippen LogP contribution in [0.5, 0.6) is 0 Å². The van der Waals surface area contributed by atoms with E-state index in [-0.39, 0.29) is 24.8 Å². The number of hydrogen-bond acceptors (Lipinski definition) is 4. The molecule has 0 unspecified atom stereocenters. The van der Waals surface area contributed by atoms with Gasteiger partial charge in [-0.3, -0.25) is 4.79 Å². The van der Waals surface area contributed by atoms with Gasteiger partial charge in [0.2, 0.25) is 0 Å². The normalized spacial score (nSPS) is 8.12. The van der Waals surface area contributed by atoms with Gasteiger partial charge in [-0.15, -0.1) is 0 Å². The van der Waals surface area contributed by atoms with Crippen molar-refractivity contribution in [3.63, 3.8) is 0 Å². The number of ketones is 1. The van der Waals surface area contributed by atoms with Gasteiger partial charge in [-0.05, 0) is 27.7 Å². The van der Waals surface area contributed by atoms with Gasteiger partial charge in [-0.2, -0.15) is 0 Å². The molecule has 0 rings (SSSR count). The average molecular weight is 444 g/mol. The minimum atomic E-state index is -0.889. The summed E-state index contributed by atoms with van der Waals surface area (Å²) in [6, 6.07) is 0. The summed E-state index contributed by atoms with van der Waals surface area (Å²) in [7, 11) is 9.89. The third-order valence-corrected chi connectivity index (χ3v) is 0.412. The molecule has 0 aliphatic rings. The fourth-order valence-corrected chi connectivity index (χ4v) is 0.294. The second kappa shape index (κ2) is 29.5. The van der Waals surface area contributed by atoms with Crippen LogP contribution < -0.4 is 0 Å². The predicted octanol–water partition coefficient (Wildman–Crippen LogP) is 2.41. The van der Waals surface area contributed by atoms with Crippen LogP contribution in [0.2, 0.25) is 0 Å². The molecule has 16 heavy (non-hydrogen) atoms. The standard InChI is InChI=1S/C5H8O2.2C2H6O.2ClH.Ta/c1-4(6)3-5(2)7;2*1-2-3;;;/h3,6H,1-2H3;2*3H,2H2,1H3;2*1H;/q;;;;;+2/p-2/b4-3-;;;;;. The summed E-state index contributed by atoms with van der Waals surface area (Å²) < 4.78 is 0. The summed E-state index contributed by atoms with van der Waals surface area (Å²) in [5.74, 6) is -0.0625. The number of rotatable bonds is 1. The first-order valence-electron chi connectivity index (χ1n) is 4.39. The van der Waals surface area contributed by atoms with Gasteiger partial charge in [0.15, 0.2) is 5.78 Å². The average Bonchev–Trinajstić information content (AvgIpc) is 2.04. The zero-order valence-corrected chi connectivity index (χ0v) is 14.7. The molecule has 0 spiro atoms. The Balaban J connectivity index is -0.0000000677. The quantitative estimate of drug-likeness (QED) is 0.429. The summed E-state index contributed by atoms with van der Waals surface area (Å²) in [6.45, 7) is 6.71. The van der Waals surface area contributed by atoms with Gasteiger partial charge < -0.3 is 15.3 Å². The fourth-order valence-electron chi connectivity index (χ4n) is 0.294. The molecule has 0 saturated heterocycles. The van der Waals surface area contributed by atoms with Gasteiger partial charge >= 0.3 is 36.0 Å². The summed E-state index contributed by atoms with van der Waals surface area (Å²) >= 11 is -0.889. The summed E-state index contributed by atoms with van der Waals surface area (Å²) in [5.41, 5.74) is 0. The van der Waals surface area contributed by atoms with E-state index in [1.807, 2.05) is 0 Å². The van der Waals surface area contributed by atoms with Crippen molar-refractivity contribution in [3.8, 4) is 0 Å². The monoisotopic (exact) mass is 443 g/mol. The van der Waals surface area contributed by atoms with Crippen LogP contribution in [0, 0.1) is 0 Å². The maximum atomic E-state index is 10.0. The Hall–Kier alpha value is 0.450. The minimum absolute atomic E-state index is 0.0625. The molecule has 0 amide bonds. The second-order valence-electron chi connectivity index (χ2n) is 2.09. The Morgan fingerprint density at radius 3 is 1.38 bits per heavy atom. The van der Waals surface area contributed by atoms with Gasteiger partial charge in [-0.25, -0.2) is 0 Å². The number of carbonyl (C=O) groups is 1. The van der Waals surface area contributed by atoms with Crippen LogP contribution in [-0.2, 0) is 22.4 Å². The molecule has 0 saturated carbocycles. The van der Waals surface area contributed by atoms with Gasteiger partial charge in [-0.1, -0.05) is 0 Å². The molecule has 0 bridgehead atoms. The number of carbonyl (C=O) groups excluding carboxylic acids is 1. The van der Waals surface area contributed by atoms with Crippen LogP contribution in [0.4, 0.5) is 0 Å². The Bertz CT molecular complexity index is 146. The Morgan fingerprint density at radius 2 is 1.38 bits per heavy atom. The maximum absolute atomic E-state index is 10.0. The van der Waals surface area contributed by atoms with Crippen molar-refractivity contribution < 1.29 is 37.7 Å². The molecule has 7 heteroatoms. The third kappa shape index (κ3) is 132. The first-order valence-corrected chi connectivity index (χ1v) is 12.4. The van der Waals surface area contributed by atoms with Gasteiger partial charge in [0.25, 0.3) is 0 Å². The molecule has 0 aromatic carbocycles. The van der Waals surface area contributed by atoms with Crippen molar-refractivity contribution in [2.45, 2.75) is 27.7 Å². The number of hydrogen-bond donors (Lipinski definition) is 3. The van der Waals surface area contributed by atoms with Crippen molar-refractivity contribution in [2.75, 3.05) is 13.2 Å². The molecular weight excluding hydrogens is 424 g/mol. The zero-order chi connectivity index (χ0) is 14.0. The van der Waals surface area contributed by atoms with Gasteiger partial charge in [0, 0.05) is 19.3 Å². The molecule has 0 aromatic heterocycles. The number of aliphatic hydroxyl groups excluding tert-OH is 3.